The van der Waals surface area contributed by atoms with Crippen LogP contribution in [0.25, 0.3) is 0 Å². The number of rotatable bonds is 9. The van der Waals surface area contributed by atoms with E-state index in [2.05, 4.69) is 22.8 Å². The lowest BCUT2D eigenvalue weighted by Gasteiger charge is -2.12. The highest BCUT2D eigenvalue weighted by atomic mass is 32.2. The Morgan fingerprint density at radius 3 is 2.67 bits per heavy atom. The van der Waals surface area contributed by atoms with Crippen LogP contribution in [0.5, 0.6) is 0 Å². The number of carboxylic acids is 1. The van der Waals surface area contributed by atoms with Crippen molar-refractivity contribution in [1.29, 1.82) is 0 Å². The van der Waals surface area contributed by atoms with Crippen molar-refractivity contribution in [1.82, 2.24) is 10.6 Å². The normalized spacial score (nSPS) is 11.3. The molecule has 1 atom stereocenters. The molecule has 0 aromatic rings. The molecule has 0 spiro atoms. The smallest absolute Gasteiger partial charge is 0.327 e. The van der Waals surface area contributed by atoms with E-state index >= 15 is 0 Å². The monoisotopic (exact) mass is 272 g/mol. The van der Waals surface area contributed by atoms with E-state index in [9.17, 15) is 9.59 Å². The number of carbonyl (C=O) groups excluding carboxylic acids is 1. The van der Waals surface area contributed by atoms with Gasteiger partial charge in [-0.1, -0.05) is 6.42 Å². The number of urea groups is 1. The summed E-state index contributed by atoms with van der Waals surface area (Å²) >= 11 is 1.80. The number of carbonyl (C=O) groups is 2. The van der Waals surface area contributed by atoms with E-state index < -0.39 is 18.0 Å². The van der Waals surface area contributed by atoms with Crippen molar-refractivity contribution < 1.29 is 14.7 Å². The van der Waals surface area contributed by atoms with Crippen molar-refractivity contribution in [3.05, 3.63) is 0 Å². The Balaban J connectivity index is 3.69. The third-order valence-corrected chi connectivity index (χ3v) is 2.93. The number of thioether (sulfide) groups is 1. The molecular weight excluding hydrogens is 252 g/mol. The Hall–Kier alpha value is -1.35. The lowest BCUT2D eigenvalue weighted by atomic mass is 10.2. The van der Waals surface area contributed by atoms with Crippen LogP contribution < -0.4 is 10.6 Å². The van der Waals surface area contributed by atoms with Gasteiger partial charge in [0.1, 0.15) is 6.04 Å². The lowest BCUT2D eigenvalue weighted by Crippen LogP contribution is -2.46. The van der Waals surface area contributed by atoms with Crippen molar-refractivity contribution in [2.24, 2.45) is 0 Å². The van der Waals surface area contributed by atoms with Crippen LogP contribution in [0.4, 0.5) is 4.79 Å². The van der Waals surface area contributed by atoms with E-state index in [1.54, 1.807) is 11.8 Å². The van der Waals surface area contributed by atoms with Gasteiger partial charge in [0.25, 0.3) is 0 Å². The van der Waals surface area contributed by atoms with Crippen LogP contribution in [-0.4, -0.2) is 41.7 Å². The molecule has 0 bridgehead atoms. The van der Waals surface area contributed by atoms with Crippen molar-refractivity contribution in [2.75, 3.05) is 18.6 Å². The Morgan fingerprint density at radius 1 is 1.39 bits per heavy atom. The third kappa shape index (κ3) is 8.76. The SMILES string of the molecule is C#CCC(NC(=O)NCCCCCSC)C(=O)O. The summed E-state index contributed by atoms with van der Waals surface area (Å²) in [5.74, 6) is 2.22. The molecule has 3 N–H and O–H groups in total. The zero-order valence-electron chi connectivity index (χ0n) is 10.6. The molecular formula is C12H20N2O3S. The number of nitrogens with one attached hydrogen (secondary N) is 2. The van der Waals surface area contributed by atoms with E-state index in [1.165, 1.54) is 0 Å². The average Bonchev–Trinajstić information content (AvgIpc) is 2.33. The summed E-state index contributed by atoms with van der Waals surface area (Å²) in [6, 6.07) is -1.51. The lowest BCUT2D eigenvalue weighted by molar-refractivity contribution is -0.139. The maximum absolute atomic E-state index is 11.4. The predicted molar refractivity (Wildman–Crippen MR) is 73.6 cm³/mol. The van der Waals surface area contributed by atoms with Gasteiger partial charge in [-0.25, -0.2) is 9.59 Å². The predicted octanol–water partition coefficient (Wildman–Crippen LogP) is 1.30. The quantitative estimate of drug-likeness (QED) is 0.436. The molecule has 2 amide bonds. The van der Waals surface area contributed by atoms with E-state index in [4.69, 9.17) is 11.5 Å². The van der Waals surface area contributed by atoms with Crippen molar-refractivity contribution in [3.8, 4) is 12.3 Å². The van der Waals surface area contributed by atoms with Crippen LogP contribution in [0, 0.1) is 12.3 Å². The molecule has 0 heterocycles. The van der Waals surface area contributed by atoms with Gasteiger partial charge in [0.2, 0.25) is 0 Å². The summed E-state index contributed by atoms with van der Waals surface area (Å²) in [6.45, 7) is 0.544. The second-order valence-corrected chi connectivity index (χ2v) is 4.74. The van der Waals surface area contributed by atoms with Gasteiger partial charge in [-0.05, 0) is 24.9 Å². The van der Waals surface area contributed by atoms with Gasteiger partial charge in [0.15, 0.2) is 0 Å². The summed E-state index contributed by atoms with van der Waals surface area (Å²) in [7, 11) is 0. The van der Waals surface area contributed by atoms with Gasteiger partial charge in [0.05, 0.1) is 0 Å². The Bertz CT molecular complexity index is 302. The fourth-order valence-electron chi connectivity index (χ4n) is 1.28. The Morgan fingerprint density at radius 2 is 2.11 bits per heavy atom. The number of aliphatic carboxylic acids is 1. The molecule has 1 unspecified atom stereocenters. The van der Waals surface area contributed by atoms with Crippen LogP contribution in [0.15, 0.2) is 0 Å². The van der Waals surface area contributed by atoms with Crippen molar-refractivity contribution in [3.63, 3.8) is 0 Å². The molecule has 0 saturated carbocycles. The van der Waals surface area contributed by atoms with Gasteiger partial charge in [-0.3, -0.25) is 0 Å². The molecule has 102 valence electrons. The zero-order valence-corrected chi connectivity index (χ0v) is 11.4. The molecule has 0 saturated heterocycles. The molecule has 6 heteroatoms. The van der Waals surface area contributed by atoms with Crippen LogP contribution in [0.1, 0.15) is 25.7 Å². The number of carboxylic acid groups (broad SMARTS) is 1. The van der Waals surface area contributed by atoms with Gasteiger partial charge in [0, 0.05) is 13.0 Å². The van der Waals surface area contributed by atoms with Crippen molar-refractivity contribution >= 4 is 23.8 Å². The minimum absolute atomic E-state index is 0.0174. The van der Waals surface area contributed by atoms with E-state index in [0.717, 1.165) is 25.0 Å². The zero-order chi connectivity index (χ0) is 13.8. The van der Waals surface area contributed by atoms with Crippen LogP contribution in [0.3, 0.4) is 0 Å². The van der Waals surface area contributed by atoms with E-state index in [1.807, 2.05) is 0 Å². The summed E-state index contributed by atoms with van der Waals surface area (Å²) in [5, 5.41) is 13.7. The fraction of sp³-hybridized carbons (Fsp3) is 0.667. The molecule has 0 aliphatic rings. The van der Waals surface area contributed by atoms with E-state index in [-0.39, 0.29) is 6.42 Å². The highest BCUT2D eigenvalue weighted by Gasteiger charge is 2.17. The van der Waals surface area contributed by atoms with Gasteiger partial charge < -0.3 is 15.7 Å². The molecule has 0 aromatic carbocycles. The molecule has 0 aliphatic heterocycles. The topological polar surface area (TPSA) is 78.4 Å². The number of unbranched alkanes of at least 4 members (excludes halogenated alkanes) is 2. The van der Waals surface area contributed by atoms with Gasteiger partial charge in [-0.2, -0.15) is 11.8 Å². The van der Waals surface area contributed by atoms with Crippen LogP contribution >= 0.6 is 11.8 Å². The van der Waals surface area contributed by atoms with Gasteiger partial charge in [-0.15, -0.1) is 12.3 Å². The second-order valence-electron chi connectivity index (χ2n) is 3.75. The number of hydrogen-bond acceptors (Lipinski definition) is 3. The molecule has 0 fully saturated rings. The molecule has 5 nitrogen and oxygen atoms in total. The number of hydrogen-bond donors (Lipinski definition) is 3. The van der Waals surface area contributed by atoms with E-state index in [0.29, 0.717) is 6.54 Å². The Kier molecular flexibility index (Phi) is 9.97. The van der Waals surface area contributed by atoms with Crippen LogP contribution in [-0.2, 0) is 4.79 Å². The largest absolute Gasteiger partial charge is 0.480 e. The second kappa shape index (κ2) is 10.8. The standard InChI is InChI=1S/C12H20N2O3S/c1-3-7-10(11(15)16)14-12(17)13-8-5-4-6-9-18-2/h1,10H,4-9H2,2H3,(H,15,16)(H2,13,14,17). The molecule has 0 aromatic heterocycles. The third-order valence-electron chi connectivity index (χ3n) is 2.24. The first-order valence-corrected chi connectivity index (χ1v) is 7.20. The fourth-order valence-corrected chi connectivity index (χ4v) is 1.77. The first kappa shape index (κ1) is 16.6. The minimum Gasteiger partial charge on any atom is -0.480 e. The minimum atomic E-state index is -1.12. The number of terminal acetylenes is 1. The summed E-state index contributed by atoms with van der Waals surface area (Å²) in [5.41, 5.74) is 0. The maximum Gasteiger partial charge on any atom is 0.327 e. The molecule has 0 aliphatic carbocycles. The summed E-state index contributed by atoms with van der Waals surface area (Å²) < 4.78 is 0. The van der Waals surface area contributed by atoms with Gasteiger partial charge >= 0.3 is 12.0 Å². The first-order chi connectivity index (χ1) is 8.61. The Labute approximate surface area is 112 Å². The highest BCUT2D eigenvalue weighted by Crippen LogP contribution is 2.01. The van der Waals surface area contributed by atoms with Crippen LogP contribution in [0.2, 0.25) is 0 Å². The highest BCUT2D eigenvalue weighted by molar-refractivity contribution is 7.98. The summed E-state index contributed by atoms with van der Waals surface area (Å²) in [4.78, 5) is 22.1. The molecule has 18 heavy (non-hydrogen) atoms. The molecule has 0 rings (SSSR count). The summed E-state index contributed by atoms with van der Waals surface area (Å²) in [6.07, 6.45) is 10.1. The first-order valence-electron chi connectivity index (χ1n) is 5.81. The maximum atomic E-state index is 11.4. The average molecular weight is 272 g/mol. The number of amides is 2. The van der Waals surface area contributed by atoms with Crippen molar-refractivity contribution in [2.45, 2.75) is 31.7 Å². The molecule has 0 radical (unpaired) electrons.